The first-order valence-electron chi connectivity index (χ1n) is 4.49. The average Bonchev–Trinajstić information content (AvgIpc) is 2.27. The van der Waals surface area contributed by atoms with Gasteiger partial charge in [0, 0.05) is 16.6 Å². The molecule has 0 aliphatic carbocycles. The van der Waals surface area contributed by atoms with Gasteiger partial charge in [0.15, 0.2) is 0 Å². The molecule has 0 aromatic heterocycles. The molecule has 0 heterocycles. The molecule has 0 radical (unpaired) electrons. The van der Waals surface area contributed by atoms with Gasteiger partial charge in [-0.3, -0.25) is 0 Å². The molecule has 5 heteroatoms. The van der Waals surface area contributed by atoms with Gasteiger partial charge in [0.25, 0.3) is 0 Å². The van der Waals surface area contributed by atoms with Gasteiger partial charge in [0.1, 0.15) is 11.9 Å². The topological polar surface area (TPSA) is 75.7 Å². The molecule has 0 amide bonds. The van der Waals surface area contributed by atoms with Crippen LogP contribution >= 0.6 is 15.9 Å². The molecule has 4 nitrogen and oxygen atoms in total. The Bertz CT molecular complexity index is 332. The normalized spacial score (nSPS) is 14.7. The first-order valence-corrected chi connectivity index (χ1v) is 5.29. The fourth-order valence-electron chi connectivity index (χ4n) is 1.27. The van der Waals surface area contributed by atoms with Gasteiger partial charge in [-0.25, -0.2) is 0 Å². The maximum absolute atomic E-state index is 9.79. The highest BCUT2D eigenvalue weighted by Crippen LogP contribution is 2.29. The number of methoxy groups -OCH3 is 1. The van der Waals surface area contributed by atoms with E-state index < -0.39 is 12.2 Å². The van der Waals surface area contributed by atoms with Crippen LogP contribution < -0.4 is 10.5 Å². The lowest BCUT2D eigenvalue weighted by atomic mass is 10.0. The summed E-state index contributed by atoms with van der Waals surface area (Å²) in [6.07, 6.45) is -2.03. The molecule has 0 fully saturated rings. The number of halogens is 1. The number of benzene rings is 1. The Morgan fingerprint density at radius 1 is 1.47 bits per heavy atom. The van der Waals surface area contributed by atoms with E-state index in [0.717, 1.165) is 4.47 Å². The Labute approximate surface area is 96.8 Å². The second-order valence-corrected chi connectivity index (χ2v) is 4.05. The minimum atomic E-state index is -1.04. The van der Waals surface area contributed by atoms with Crippen molar-refractivity contribution in [1.29, 1.82) is 0 Å². The maximum Gasteiger partial charge on any atom is 0.124 e. The number of ether oxygens (including phenoxy) is 1. The zero-order valence-electron chi connectivity index (χ0n) is 8.35. The molecule has 0 aliphatic heterocycles. The number of aliphatic hydroxyl groups excluding tert-OH is 2. The van der Waals surface area contributed by atoms with Crippen LogP contribution in [0.2, 0.25) is 0 Å². The number of hydrogen-bond donors (Lipinski definition) is 3. The second-order valence-electron chi connectivity index (χ2n) is 3.13. The Morgan fingerprint density at radius 2 is 2.13 bits per heavy atom. The molecule has 1 aromatic carbocycles. The minimum Gasteiger partial charge on any atom is -0.496 e. The van der Waals surface area contributed by atoms with Crippen molar-refractivity contribution in [1.82, 2.24) is 0 Å². The average molecular weight is 276 g/mol. The van der Waals surface area contributed by atoms with E-state index in [4.69, 9.17) is 10.5 Å². The largest absolute Gasteiger partial charge is 0.496 e. The summed E-state index contributed by atoms with van der Waals surface area (Å²) in [5.41, 5.74) is 5.80. The van der Waals surface area contributed by atoms with Gasteiger partial charge in [-0.15, -0.1) is 0 Å². The van der Waals surface area contributed by atoms with Crippen LogP contribution in [0, 0.1) is 0 Å². The predicted molar refractivity (Wildman–Crippen MR) is 60.7 cm³/mol. The predicted octanol–water partition coefficient (Wildman–Crippen LogP) is 0.811. The monoisotopic (exact) mass is 275 g/mol. The third-order valence-electron chi connectivity index (χ3n) is 2.12. The van der Waals surface area contributed by atoms with E-state index in [-0.39, 0.29) is 6.54 Å². The van der Waals surface area contributed by atoms with Crippen molar-refractivity contribution >= 4 is 15.9 Å². The smallest absolute Gasteiger partial charge is 0.124 e. The number of hydrogen-bond acceptors (Lipinski definition) is 4. The Hall–Kier alpha value is -0.620. The summed E-state index contributed by atoms with van der Waals surface area (Å²) in [6.45, 7) is -0.00314. The molecule has 1 rings (SSSR count). The molecule has 2 unspecified atom stereocenters. The van der Waals surface area contributed by atoms with Crippen LogP contribution in [-0.2, 0) is 0 Å². The summed E-state index contributed by atoms with van der Waals surface area (Å²) in [4.78, 5) is 0. The molecule has 0 saturated heterocycles. The zero-order valence-corrected chi connectivity index (χ0v) is 9.94. The van der Waals surface area contributed by atoms with Crippen LogP contribution in [0.4, 0.5) is 0 Å². The Kier molecular flexibility index (Phi) is 4.53. The number of aliphatic hydroxyl groups is 2. The molecule has 0 bridgehead atoms. The summed E-state index contributed by atoms with van der Waals surface area (Å²) in [6, 6.07) is 5.21. The highest BCUT2D eigenvalue weighted by Gasteiger charge is 2.20. The van der Waals surface area contributed by atoms with Gasteiger partial charge in [0.05, 0.1) is 13.2 Å². The number of nitrogens with two attached hydrogens (primary N) is 1. The summed E-state index contributed by atoms with van der Waals surface area (Å²) < 4.78 is 5.89. The zero-order chi connectivity index (χ0) is 11.4. The summed E-state index contributed by atoms with van der Waals surface area (Å²) in [5, 5.41) is 19.2. The molecule has 0 spiro atoms. The second kappa shape index (κ2) is 5.46. The highest BCUT2D eigenvalue weighted by atomic mass is 79.9. The van der Waals surface area contributed by atoms with Gasteiger partial charge < -0.3 is 20.7 Å². The van der Waals surface area contributed by atoms with E-state index in [0.29, 0.717) is 11.3 Å². The van der Waals surface area contributed by atoms with Gasteiger partial charge in [-0.05, 0) is 18.2 Å². The van der Waals surface area contributed by atoms with Gasteiger partial charge in [-0.1, -0.05) is 15.9 Å². The first-order chi connectivity index (χ1) is 7.10. The standard InChI is InChI=1S/C10H14BrNO3/c1-15-9-3-2-6(11)4-7(9)10(14)8(13)5-12/h2-4,8,10,13-14H,5,12H2,1H3. The maximum atomic E-state index is 9.79. The first kappa shape index (κ1) is 12.4. The quantitative estimate of drug-likeness (QED) is 0.760. The lowest BCUT2D eigenvalue weighted by Gasteiger charge is -2.19. The van der Waals surface area contributed by atoms with Crippen LogP contribution in [0.15, 0.2) is 22.7 Å². The van der Waals surface area contributed by atoms with Crippen LogP contribution in [0.3, 0.4) is 0 Å². The number of rotatable bonds is 4. The molecule has 2 atom stereocenters. The lowest BCUT2D eigenvalue weighted by molar-refractivity contribution is 0.0229. The summed E-state index contributed by atoms with van der Waals surface area (Å²) in [5.74, 6) is 0.526. The van der Waals surface area contributed by atoms with E-state index in [1.54, 1.807) is 18.2 Å². The highest BCUT2D eigenvalue weighted by molar-refractivity contribution is 9.10. The molecule has 84 valence electrons. The van der Waals surface area contributed by atoms with E-state index >= 15 is 0 Å². The van der Waals surface area contributed by atoms with Crippen molar-refractivity contribution in [3.63, 3.8) is 0 Å². The van der Waals surface area contributed by atoms with Gasteiger partial charge in [-0.2, -0.15) is 0 Å². The van der Waals surface area contributed by atoms with Crippen LogP contribution in [0.5, 0.6) is 5.75 Å². The van der Waals surface area contributed by atoms with E-state index in [9.17, 15) is 10.2 Å². The molecular formula is C10H14BrNO3. The van der Waals surface area contributed by atoms with Crippen molar-refractivity contribution < 1.29 is 14.9 Å². The van der Waals surface area contributed by atoms with Crippen molar-refractivity contribution in [2.24, 2.45) is 5.73 Å². The van der Waals surface area contributed by atoms with Crippen molar-refractivity contribution in [3.05, 3.63) is 28.2 Å². The van der Waals surface area contributed by atoms with E-state index in [1.165, 1.54) is 7.11 Å². The van der Waals surface area contributed by atoms with Crippen LogP contribution in [0.1, 0.15) is 11.7 Å². The van der Waals surface area contributed by atoms with Crippen molar-refractivity contribution in [2.45, 2.75) is 12.2 Å². The third-order valence-corrected chi connectivity index (χ3v) is 2.61. The SMILES string of the molecule is COc1ccc(Br)cc1C(O)C(O)CN. The molecule has 1 aromatic rings. The molecule has 15 heavy (non-hydrogen) atoms. The summed E-state index contributed by atoms with van der Waals surface area (Å²) >= 11 is 3.29. The van der Waals surface area contributed by atoms with E-state index in [2.05, 4.69) is 15.9 Å². The Morgan fingerprint density at radius 3 is 2.67 bits per heavy atom. The van der Waals surface area contributed by atoms with E-state index in [1.807, 2.05) is 0 Å². The molecule has 0 aliphatic rings. The van der Waals surface area contributed by atoms with Crippen molar-refractivity contribution in [2.75, 3.05) is 13.7 Å². The fraction of sp³-hybridized carbons (Fsp3) is 0.400. The van der Waals surface area contributed by atoms with Crippen LogP contribution in [0.25, 0.3) is 0 Å². The molecular weight excluding hydrogens is 262 g/mol. The van der Waals surface area contributed by atoms with Crippen molar-refractivity contribution in [3.8, 4) is 5.75 Å². The fourth-order valence-corrected chi connectivity index (χ4v) is 1.65. The summed E-state index contributed by atoms with van der Waals surface area (Å²) in [7, 11) is 1.51. The minimum absolute atomic E-state index is 0.00314. The van der Waals surface area contributed by atoms with Gasteiger partial charge in [0.2, 0.25) is 0 Å². The van der Waals surface area contributed by atoms with Crippen LogP contribution in [-0.4, -0.2) is 30.0 Å². The third kappa shape index (κ3) is 2.92. The lowest BCUT2D eigenvalue weighted by Crippen LogP contribution is -2.27. The Balaban J connectivity index is 3.05. The molecule has 0 saturated carbocycles. The molecule has 4 N–H and O–H groups in total. The van der Waals surface area contributed by atoms with Gasteiger partial charge >= 0.3 is 0 Å².